The minimum absolute atomic E-state index is 0. The fourth-order valence-corrected chi connectivity index (χ4v) is 3.34. The van der Waals surface area contributed by atoms with Crippen molar-refractivity contribution in [3.05, 3.63) is 59.4 Å². The molecule has 0 radical (unpaired) electrons. The average molecular weight is 413 g/mol. The van der Waals surface area contributed by atoms with Crippen molar-refractivity contribution in [2.75, 3.05) is 0 Å². The summed E-state index contributed by atoms with van der Waals surface area (Å²) in [6.45, 7) is 1.90. The van der Waals surface area contributed by atoms with Crippen LogP contribution in [0, 0.1) is 13.0 Å². The molecule has 0 saturated carbocycles. The Balaban J connectivity index is 0.000000568. The van der Waals surface area contributed by atoms with Crippen molar-refractivity contribution in [3.8, 4) is 0 Å². The van der Waals surface area contributed by atoms with Crippen LogP contribution >= 0.6 is 11.6 Å². The van der Waals surface area contributed by atoms with E-state index in [-0.39, 0.29) is 56.3 Å². The number of aryl methyl sites for hydroxylation is 1. The molecule has 0 amide bonds. The number of halogens is 4. The first kappa shape index (κ1) is 22.7. The Morgan fingerprint density at radius 1 is 1.20 bits per heavy atom. The van der Waals surface area contributed by atoms with Gasteiger partial charge in [0.15, 0.2) is 0 Å². The van der Waals surface area contributed by atoms with E-state index < -0.39 is 17.6 Å². The van der Waals surface area contributed by atoms with Crippen molar-refractivity contribution in [1.82, 2.24) is 8.96 Å². The number of rotatable bonds is 2. The minimum atomic E-state index is -3.67. The summed E-state index contributed by atoms with van der Waals surface area (Å²) >= 11 is 5.84. The van der Waals surface area contributed by atoms with Crippen molar-refractivity contribution >= 4 is 40.2 Å². The maximum absolute atomic E-state index is 12.6. The van der Waals surface area contributed by atoms with Gasteiger partial charge in [-0.25, -0.2) is 8.42 Å². The van der Waals surface area contributed by atoms with Gasteiger partial charge in [0.1, 0.15) is 0 Å². The second kappa shape index (κ2) is 9.54. The molecule has 1 aromatic carbocycles. The molecule has 0 spiro atoms. The predicted octanol–water partition coefficient (Wildman–Crippen LogP) is 0.919. The van der Waals surface area contributed by atoms with Gasteiger partial charge in [0, 0.05) is 16.9 Å². The molecule has 25 heavy (non-hydrogen) atoms. The van der Waals surface area contributed by atoms with Crippen LogP contribution in [0.5, 0.6) is 0 Å². The zero-order valence-electron chi connectivity index (χ0n) is 13.2. The summed E-state index contributed by atoms with van der Waals surface area (Å²) in [6, 6.07) is 11.1. The molecule has 0 aliphatic heterocycles. The first-order valence-electron chi connectivity index (χ1n) is 6.50. The van der Waals surface area contributed by atoms with Crippen LogP contribution in [-0.4, -0.2) is 24.9 Å². The molecule has 0 saturated heterocycles. The maximum atomic E-state index is 12.6. The van der Waals surface area contributed by atoms with E-state index in [0.29, 0.717) is 16.1 Å². The van der Waals surface area contributed by atoms with Gasteiger partial charge in [-0.1, -0.05) is 29.3 Å². The summed E-state index contributed by atoms with van der Waals surface area (Å²) in [6.07, 6.45) is 2.78. The molecule has 0 bridgehead atoms. The van der Waals surface area contributed by atoms with Gasteiger partial charge in [0.25, 0.3) is 10.0 Å². The first-order chi connectivity index (χ1) is 11.2. The Morgan fingerprint density at radius 3 is 2.32 bits per heavy atom. The van der Waals surface area contributed by atoms with Crippen LogP contribution in [-0.2, 0) is 10.0 Å². The molecule has 0 fully saturated rings. The van der Waals surface area contributed by atoms with E-state index in [1.165, 1.54) is 12.4 Å². The number of hydrogen-bond acceptors (Lipinski definition) is 3. The zero-order valence-corrected chi connectivity index (χ0v) is 17.9. The molecule has 11 heteroatoms. The van der Waals surface area contributed by atoms with Gasteiger partial charge in [0.05, 0.1) is 4.90 Å². The van der Waals surface area contributed by atoms with Crippen molar-refractivity contribution < 1.29 is 72.7 Å². The maximum Gasteiger partial charge on any atom is 1.00 e. The fourth-order valence-electron chi connectivity index (χ4n) is 1.91. The quantitative estimate of drug-likeness (QED) is 0.465. The van der Waals surface area contributed by atoms with Crippen LogP contribution < -0.4 is 51.4 Å². The van der Waals surface area contributed by atoms with Crippen molar-refractivity contribution in [2.45, 2.75) is 11.8 Å². The number of fused-ring (bicyclic) bond motifs is 1. The molecular weight excluding hydrogens is 403 g/mol. The molecule has 0 unspecified atom stereocenters. The second-order valence-electron chi connectivity index (χ2n) is 4.66. The second-order valence-corrected chi connectivity index (χ2v) is 6.91. The van der Waals surface area contributed by atoms with E-state index in [4.69, 9.17) is 11.6 Å². The summed E-state index contributed by atoms with van der Waals surface area (Å²) in [5.41, 5.74) is 1.31. The van der Waals surface area contributed by atoms with E-state index >= 15 is 0 Å². The molecule has 0 aliphatic rings. The van der Waals surface area contributed by atoms with Crippen molar-refractivity contribution in [3.63, 3.8) is 0 Å². The molecule has 0 atom stereocenters. The SMILES string of the molecule is Cc1ccc(S(=O)(=O)n2c[c-]c3cc(Cl)cnc32)cc1.FB(F)F.[K+]. The van der Waals surface area contributed by atoms with E-state index in [2.05, 4.69) is 11.1 Å². The fraction of sp³-hybridized carbons (Fsp3) is 0.0714. The first-order valence-corrected chi connectivity index (χ1v) is 8.32. The summed E-state index contributed by atoms with van der Waals surface area (Å²) in [4.78, 5) is 4.28. The van der Waals surface area contributed by atoms with Crippen LogP contribution in [0.15, 0.2) is 47.6 Å². The van der Waals surface area contributed by atoms with Gasteiger partial charge < -0.3 is 4.98 Å². The van der Waals surface area contributed by atoms with Gasteiger partial charge in [0.2, 0.25) is 0 Å². The Bertz CT molecular complexity index is 950. The van der Waals surface area contributed by atoms with Crippen LogP contribution in [0.4, 0.5) is 12.9 Å². The number of aromatic nitrogens is 2. The van der Waals surface area contributed by atoms with Gasteiger partial charge in [-0.3, -0.25) is 16.9 Å². The molecular formula is C14H10BClF3KN2O2S. The third-order valence-electron chi connectivity index (χ3n) is 2.96. The summed E-state index contributed by atoms with van der Waals surface area (Å²) < 4.78 is 55.3. The Labute approximate surface area is 191 Å². The Morgan fingerprint density at radius 2 is 1.76 bits per heavy atom. The minimum Gasteiger partial charge on any atom is -0.302 e. The molecule has 3 aromatic rings. The normalized spacial score (nSPS) is 10.6. The molecule has 2 heterocycles. The molecule has 4 nitrogen and oxygen atoms in total. The zero-order chi connectivity index (χ0) is 17.9. The van der Waals surface area contributed by atoms with E-state index in [0.717, 1.165) is 9.54 Å². The topological polar surface area (TPSA) is 52.0 Å². The van der Waals surface area contributed by atoms with Crippen molar-refractivity contribution in [1.29, 1.82) is 0 Å². The van der Waals surface area contributed by atoms with E-state index in [1.54, 1.807) is 30.3 Å². The molecule has 3 rings (SSSR count). The van der Waals surface area contributed by atoms with E-state index in [1.807, 2.05) is 6.92 Å². The third kappa shape index (κ3) is 5.81. The number of pyridine rings is 1. The summed E-state index contributed by atoms with van der Waals surface area (Å²) in [5.74, 6) is 0. The smallest absolute Gasteiger partial charge is 0.302 e. The summed E-state index contributed by atoms with van der Waals surface area (Å²) in [5, 5.41) is 1.01. The summed E-state index contributed by atoms with van der Waals surface area (Å²) in [7, 11) is -7.34. The average Bonchev–Trinajstić information content (AvgIpc) is 2.90. The van der Waals surface area contributed by atoms with Crippen LogP contribution in [0.3, 0.4) is 0 Å². The standard InChI is InChI=1S/C14H10ClN2O2S.BF3.K/c1-10-2-4-13(5-3-10)20(18,19)17-7-6-11-8-12(15)9-16-14(11)17;2-1(3)4;/h2-5,7-9H,1H3;;/q-1;;+1. The van der Waals surface area contributed by atoms with Gasteiger partial charge in [-0.2, -0.15) is 6.07 Å². The monoisotopic (exact) mass is 412 g/mol. The van der Waals surface area contributed by atoms with Crippen molar-refractivity contribution in [2.24, 2.45) is 0 Å². The Hall–Kier alpha value is -0.359. The number of hydrogen-bond donors (Lipinski definition) is 0. The van der Waals surface area contributed by atoms with Gasteiger partial charge in [-0.05, 0) is 25.3 Å². The molecule has 2 aromatic heterocycles. The Kier molecular flexibility index (Phi) is 8.66. The van der Waals surface area contributed by atoms with Crippen LogP contribution in [0.25, 0.3) is 11.0 Å². The van der Waals surface area contributed by atoms with Gasteiger partial charge >= 0.3 is 58.9 Å². The van der Waals surface area contributed by atoms with E-state index in [9.17, 15) is 21.4 Å². The van der Waals surface area contributed by atoms with Crippen LogP contribution in [0.1, 0.15) is 5.56 Å². The largest absolute Gasteiger partial charge is 1.00 e. The van der Waals surface area contributed by atoms with Crippen LogP contribution in [0.2, 0.25) is 5.02 Å². The molecule has 0 N–H and O–H groups in total. The predicted molar refractivity (Wildman–Crippen MR) is 86.4 cm³/mol. The molecule has 126 valence electrons. The third-order valence-corrected chi connectivity index (χ3v) is 4.83. The molecule has 0 aliphatic carbocycles. The number of benzene rings is 1. The number of nitrogens with zero attached hydrogens (tertiary/aromatic N) is 2. The van der Waals surface area contributed by atoms with Gasteiger partial charge in [-0.15, -0.1) is 11.5 Å².